The molecule has 6 heteroatoms. The van der Waals surface area contributed by atoms with Gasteiger partial charge in [-0.2, -0.15) is 0 Å². The fourth-order valence-electron chi connectivity index (χ4n) is 10.5. The summed E-state index contributed by atoms with van der Waals surface area (Å²) >= 11 is 0. The molecule has 0 aliphatic rings. The zero-order valence-corrected chi connectivity index (χ0v) is 53.2. The molecule has 0 fully saturated rings. The van der Waals surface area contributed by atoms with Crippen LogP contribution in [0.25, 0.3) is 0 Å². The SMILES string of the molecule is CCCC/C=C\CCCCCCCC(=O)OCC(COC(=O)CCCCCCCCCCCCCCCCCCCCCCCCCCCCCCCCC)OC(=O)CCCCCCCC/C=C\C/C=C\C/C=C\CCCCC. The Morgan fingerprint density at radius 1 is 0.253 bits per heavy atom. The van der Waals surface area contributed by atoms with Crippen molar-refractivity contribution in [3.05, 3.63) is 48.6 Å². The Kier molecular flexibility index (Phi) is 65.6. The third-order valence-corrected chi connectivity index (χ3v) is 15.8. The summed E-state index contributed by atoms with van der Waals surface area (Å²) in [5.41, 5.74) is 0. The highest BCUT2D eigenvalue weighted by atomic mass is 16.6. The topological polar surface area (TPSA) is 78.9 Å². The molecule has 79 heavy (non-hydrogen) atoms. The molecule has 0 saturated carbocycles. The zero-order valence-electron chi connectivity index (χ0n) is 53.2. The Labute approximate surface area is 492 Å². The number of hydrogen-bond donors (Lipinski definition) is 0. The minimum atomic E-state index is -0.783. The van der Waals surface area contributed by atoms with Gasteiger partial charge in [0, 0.05) is 19.3 Å². The van der Waals surface area contributed by atoms with Crippen LogP contribution >= 0.6 is 0 Å². The lowest BCUT2D eigenvalue weighted by molar-refractivity contribution is -0.167. The molecule has 0 aromatic rings. The second-order valence-corrected chi connectivity index (χ2v) is 23.8. The van der Waals surface area contributed by atoms with Gasteiger partial charge in [-0.15, -0.1) is 0 Å². The van der Waals surface area contributed by atoms with Crippen molar-refractivity contribution < 1.29 is 28.6 Å². The third kappa shape index (κ3) is 66.1. The van der Waals surface area contributed by atoms with E-state index in [-0.39, 0.29) is 31.1 Å². The first-order chi connectivity index (χ1) is 39.0. The number of allylic oxidation sites excluding steroid dienone is 8. The van der Waals surface area contributed by atoms with Crippen LogP contribution in [0.2, 0.25) is 0 Å². The second-order valence-electron chi connectivity index (χ2n) is 23.8. The van der Waals surface area contributed by atoms with Gasteiger partial charge in [0.2, 0.25) is 0 Å². The molecule has 0 aromatic carbocycles. The van der Waals surface area contributed by atoms with Gasteiger partial charge in [0.25, 0.3) is 0 Å². The predicted octanol–water partition coefficient (Wildman–Crippen LogP) is 24.1. The minimum absolute atomic E-state index is 0.0778. The summed E-state index contributed by atoms with van der Waals surface area (Å²) in [6.07, 6.45) is 85.9. The Balaban J connectivity index is 4.12. The highest BCUT2D eigenvalue weighted by molar-refractivity contribution is 5.71. The van der Waals surface area contributed by atoms with Gasteiger partial charge >= 0.3 is 17.9 Å². The van der Waals surface area contributed by atoms with Crippen LogP contribution < -0.4 is 0 Å². The van der Waals surface area contributed by atoms with E-state index in [1.165, 1.54) is 250 Å². The normalized spacial score (nSPS) is 12.3. The van der Waals surface area contributed by atoms with Crippen LogP contribution in [0.5, 0.6) is 0 Å². The summed E-state index contributed by atoms with van der Waals surface area (Å²) < 4.78 is 16.9. The summed E-state index contributed by atoms with van der Waals surface area (Å²) in [5, 5.41) is 0. The lowest BCUT2D eigenvalue weighted by Crippen LogP contribution is -2.30. The maximum atomic E-state index is 12.9. The molecule has 0 aliphatic heterocycles. The molecule has 0 spiro atoms. The molecule has 462 valence electrons. The van der Waals surface area contributed by atoms with Crippen LogP contribution in [0.15, 0.2) is 48.6 Å². The Bertz CT molecular complexity index is 1360. The number of carbonyl (C=O) groups excluding carboxylic acids is 3. The van der Waals surface area contributed by atoms with E-state index in [0.29, 0.717) is 19.3 Å². The van der Waals surface area contributed by atoms with Crippen molar-refractivity contribution in [3.8, 4) is 0 Å². The van der Waals surface area contributed by atoms with Gasteiger partial charge in [0.15, 0.2) is 6.10 Å². The van der Waals surface area contributed by atoms with Crippen LogP contribution in [0.1, 0.15) is 380 Å². The molecule has 1 unspecified atom stereocenters. The number of carbonyl (C=O) groups is 3. The first-order valence-electron chi connectivity index (χ1n) is 35.1. The van der Waals surface area contributed by atoms with E-state index >= 15 is 0 Å². The van der Waals surface area contributed by atoms with E-state index < -0.39 is 6.10 Å². The summed E-state index contributed by atoms with van der Waals surface area (Å²) in [6.45, 7) is 6.61. The van der Waals surface area contributed by atoms with Gasteiger partial charge in [0.05, 0.1) is 0 Å². The summed E-state index contributed by atoms with van der Waals surface area (Å²) in [4.78, 5) is 38.3. The van der Waals surface area contributed by atoms with Gasteiger partial charge in [-0.3, -0.25) is 14.4 Å². The average Bonchev–Trinajstić information content (AvgIpc) is 3.45. The number of esters is 3. The number of hydrogen-bond acceptors (Lipinski definition) is 6. The van der Waals surface area contributed by atoms with Gasteiger partial charge in [-0.05, 0) is 77.0 Å². The maximum absolute atomic E-state index is 12.9. The van der Waals surface area contributed by atoms with E-state index in [1.807, 2.05) is 0 Å². The quantitative estimate of drug-likeness (QED) is 0.0261. The molecule has 0 radical (unpaired) electrons. The number of ether oxygens (including phenoxy) is 3. The number of unbranched alkanes of at least 4 members (excludes halogenated alkanes) is 46. The van der Waals surface area contributed by atoms with Crippen molar-refractivity contribution in [1.29, 1.82) is 0 Å². The lowest BCUT2D eigenvalue weighted by Gasteiger charge is -2.18. The maximum Gasteiger partial charge on any atom is 0.306 e. The molecule has 0 bridgehead atoms. The van der Waals surface area contributed by atoms with E-state index in [0.717, 1.165) is 89.9 Å². The molecule has 0 heterocycles. The van der Waals surface area contributed by atoms with Gasteiger partial charge in [-0.25, -0.2) is 0 Å². The second kappa shape index (κ2) is 67.9. The Hall–Kier alpha value is -2.63. The Morgan fingerprint density at radius 3 is 0.785 bits per heavy atom. The average molecular weight is 1110 g/mol. The van der Waals surface area contributed by atoms with Crippen LogP contribution in [0.4, 0.5) is 0 Å². The zero-order chi connectivity index (χ0) is 57.1. The van der Waals surface area contributed by atoms with Crippen LogP contribution in [0.3, 0.4) is 0 Å². The van der Waals surface area contributed by atoms with Gasteiger partial charge in [-0.1, -0.05) is 333 Å². The molecule has 0 N–H and O–H groups in total. The van der Waals surface area contributed by atoms with Crippen molar-refractivity contribution in [2.24, 2.45) is 0 Å². The molecule has 6 nitrogen and oxygen atoms in total. The lowest BCUT2D eigenvalue weighted by atomic mass is 10.0. The molecular formula is C73H134O6. The van der Waals surface area contributed by atoms with E-state index in [2.05, 4.69) is 69.4 Å². The van der Waals surface area contributed by atoms with Crippen molar-refractivity contribution in [3.63, 3.8) is 0 Å². The molecule has 0 rings (SSSR count). The molecule has 0 aromatic heterocycles. The Morgan fingerprint density at radius 2 is 0.468 bits per heavy atom. The summed E-state index contributed by atoms with van der Waals surface area (Å²) in [5.74, 6) is -0.880. The first-order valence-corrected chi connectivity index (χ1v) is 35.1. The molecular weight excluding hydrogens is 973 g/mol. The molecule has 1 atom stereocenters. The summed E-state index contributed by atoms with van der Waals surface area (Å²) in [6, 6.07) is 0. The summed E-state index contributed by atoms with van der Waals surface area (Å²) in [7, 11) is 0. The van der Waals surface area contributed by atoms with Gasteiger partial charge < -0.3 is 14.2 Å². The first kappa shape index (κ1) is 76.4. The highest BCUT2D eigenvalue weighted by Crippen LogP contribution is 2.18. The minimum Gasteiger partial charge on any atom is -0.462 e. The van der Waals surface area contributed by atoms with Crippen molar-refractivity contribution >= 4 is 17.9 Å². The fourth-order valence-corrected chi connectivity index (χ4v) is 10.5. The van der Waals surface area contributed by atoms with Crippen LogP contribution in [-0.4, -0.2) is 37.2 Å². The van der Waals surface area contributed by atoms with Crippen molar-refractivity contribution in [2.75, 3.05) is 13.2 Å². The van der Waals surface area contributed by atoms with Crippen LogP contribution in [0, 0.1) is 0 Å². The number of rotatable bonds is 65. The van der Waals surface area contributed by atoms with Crippen molar-refractivity contribution in [1.82, 2.24) is 0 Å². The monoisotopic (exact) mass is 1110 g/mol. The fraction of sp³-hybridized carbons (Fsp3) is 0.849. The van der Waals surface area contributed by atoms with E-state index in [1.54, 1.807) is 0 Å². The smallest absolute Gasteiger partial charge is 0.306 e. The van der Waals surface area contributed by atoms with E-state index in [4.69, 9.17) is 14.2 Å². The highest BCUT2D eigenvalue weighted by Gasteiger charge is 2.19. The van der Waals surface area contributed by atoms with Gasteiger partial charge in [0.1, 0.15) is 13.2 Å². The molecule has 0 aliphatic carbocycles. The van der Waals surface area contributed by atoms with E-state index in [9.17, 15) is 14.4 Å². The standard InChI is InChI=1S/C73H134O6/c1-4-7-10-13-16-19-22-24-26-28-30-31-32-33-34-35-36-37-38-39-40-41-43-44-46-48-51-54-57-60-63-66-72(75)78-69-70(68-77-71(74)65-62-59-56-53-50-21-18-15-12-9-6-3)79-73(76)67-64-61-58-55-52-49-47-45-42-29-27-25-23-20-17-14-11-8-5-2/h15,17-18,20,25,27,42,45,70H,4-14,16,19,21-24,26,28-41,43-44,46-69H2,1-3H3/b18-15-,20-17-,27-25-,45-42-. The molecule has 0 amide bonds. The predicted molar refractivity (Wildman–Crippen MR) is 344 cm³/mol. The molecule has 0 saturated heterocycles. The van der Waals surface area contributed by atoms with Crippen molar-refractivity contribution in [2.45, 2.75) is 386 Å². The third-order valence-electron chi connectivity index (χ3n) is 15.8. The van der Waals surface area contributed by atoms with Crippen LogP contribution in [-0.2, 0) is 28.6 Å². The largest absolute Gasteiger partial charge is 0.462 e.